The molecule has 4 atom stereocenters. The van der Waals surface area contributed by atoms with E-state index in [0.29, 0.717) is 37.4 Å². The summed E-state index contributed by atoms with van der Waals surface area (Å²) in [4.78, 5) is 16.8. The molecule has 4 aromatic rings. The van der Waals surface area contributed by atoms with Crippen LogP contribution in [0.2, 0.25) is 0 Å². The average molecular weight is 653 g/mol. The summed E-state index contributed by atoms with van der Waals surface area (Å²) in [5.41, 5.74) is -1.81. The number of rotatable bonds is 4. The number of nitrogens with one attached hydrogen (secondary N) is 1. The number of aromatic nitrogens is 3. The maximum absolute atomic E-state index is 16.2. The maximum Gasteiger partial charge on any atom is 0.318 e. The highest BCUT2D eigenvalue weighted by Crippen LogP contribution is 2.41. The number of anilines is 1. The van der Waals surface area contributed by atoms with Crippen LogP contribution in [0.5, 0.6) is 11.8 Å². The average Bonchev–Trinajstić information content (AvgIpc) is 3.73. The number of pyridine rings is 1. The van der Waals surface area contributed by atoms with Crippen LogP contribution < -0.4 is 15.0 Å². The van der Waals surface area contributed by atoms with E-state index in [1.807, 2.05) is 0 Å². The summed E-state index contributed by atoms with van der Waals surface area (Å²) in [7, 11) is 1.32. The molecular weight excluding hydrogens is 619 g/mol. The molecule has 4 aliphatic rings. The lowest BCUT2D eigenvalue weighted by Crippen LogP contribution is -2.63. The van der Waals surface area contributed by atoms with Gasteiger partial charge in [-0.25, -0.2) is 22.0 Å². The van der Waals surface area contributed by atoms with Crippen molar-refractivity contribution in [3.63, 3.8) is 0 Å². The van der Waals surface area contributed by atoms with Crippen molar-refractivity contribution in [3.05, 3.63) is 47.7 Å². The third kappa shape index (κ3) is 5.47. The predicted octanol–water partition coefficient (Wildman–Crippen LogP) is 5.59. The lowest BCUT2D eigenvalue weighted by molar-refractivity contribution is 0.0367. The Morgan fingerprint density at radius 1 is 1.17 bits per heavy atom. The number of alkyl halides is 3. The van der Waals surface area contributed by atoms with E-state index in [2.05, 4.69) is 31.1 Å². The van der Waals surface area contributed by atoms with Crippen molar-refractivity contribution in [2.45, 2.75) is 62.3 Å². The van der Waals surface area contributed by atoms with Crippen molar-refractivity contribution in [1.29, 1.82) is 0 Å². The van der Waals surface area contributed by atoms with Gasteiger partial charge in [-0.15, -0.1) is 6.42 Å². The Kier molecular flexibility index (Phi) is 8.04. The fourth-order valence-corrected chi connectivity index (χ4v) is 7.64. The molecule has 47 heavy (non-hydrogen) atoms. The van der Waals surface area contributed by atoms with Gasteiger partial charge in [0, 0.05) is 48.9 Å². The second-order valence-electron chi connectivity index (χ2n) is 12.7. The summed E-state index contributed by atoms with van der Waals surface area (Å²) in [5.74, 6) is 0.757. The summed E-state index contributed by atoms with van der Waals surface area (Å²) >= 11 is 0. The summed E-state index contributed by atoms with van der Waals surface area (Å²) in [6.45, 7) is 2.20. The van der Waals surface area contributed by atoms with Gasteiger partial charge >= 0.3 is 6.01 Å². The van der Waals surface area contributed by atoms with E-state index in [-0.39, 0.29) is 63.3 Å². The first-order valence-corrected chi connectivity index (χ1v) is 15.6. The number of aromatic hydroxyl groups is 1. The first kappa shape index (κ1) is 31.3. The highest BCUT2D eigenvalue weighted by atomic mass is 19.3. The van der Waals surface area contributed by atoms with Crippen LogP contribution in [0.1, 0.15) is 37.7 Å². The zero-order valence-electron chi connectivity index (χ0n) is 25.6. The van der Waals surface area contributed by atoms with Crippen LogP contribution in [0.3, 0.4) is 0 Å². The Labute approximate surface area is 268 Å². The highest BCUT2D eigenvalue weighted by Gasteiger charge is 2.51. The Morgan fingerprint density at radius 3 is 2.74 bits per heavy atom. The molecule has 4 aliphatic heterocycles. The number of nitrogens with zero attached hydrogens (tertiary/aromatic N) is 5. The SMILES string of the molecule is C#Cc1c(F)ccc2cc(O)cc(-c3ncc4c(N5C[C@H]6CC[C@@](C(F)F)(C5)N6)nc(OC)nc4c3F)c12.F[C@@H]1CC2CCCN2C1. The van der Waals surface area contributed by atoms with Crippen LogP contribution in [0.4, 0.5) is 27.8 Å². The van der Waals surface area contributed by atoms with E-state index in [1.165, 1.54) is 50.4 Å². The van der Waals surface area contributed by atoms with Gasteiger partial charge in [-0.05, 0) is 62.2 Å². The fraction of sp³-hybridized carbons (Fsp3) is 0.441. The lowest BCUT2D eigenvalue weighted by Gasteiger charge is -2.41. The molecule has 2 N–H and O–H groups in total. The van der Waals surface area contributed by atoms with Crippen molar-refractivity contribution in [1.82, 2.24) is 25.2 Å². The van der Waals surface area contributed by atoms with Crippen LogP contribution in [0.25, 0.3) is 32.9 Å². The number of fused-ring (bicyclic) bond motifs is 5. The molecule has 2 aromatic carbocycles. The molecule has 4 fully saturated rings. The summed E-state index contributed by atoms with van der Waals surface area (Å²) in [5, 5.41) is 14.1. The van der Waals surface area contributed by atoms with E-state index in [9.17, 15) is 22.7 Å². The minimum atomic E-state index is -2.60. The third-order valence-electron chi connectivity index (χ3n) is 9.80. The van der Waals surface area contributed by atoms with Crippen molar-refractivity contribution < 1.29 is 31.8 Å². The Balaban J connectivity index is 0.000000334. The van der Waals surface area contributed by atoms with Gasteiger partial charge in [0.15, 0.2) is 5.82 Å². The van der Waals surface area contributed by atoms with Crippen LogP contribution in [0.15, 0.2) is 30.5 Å². The number of hydrogen-bond acceptors (Lipinski definition) is 8. The topological polar surface area (TPSA) is 86.6 Å². The number of hydrogen-bond donors (Lipinski definition) is 2. The van der Waals surface area contributed by atoms with Gasteiger partial charge in [0.1, 0.15) is 34.8 Å². The highest BCUT2D eigenvalue weighted by molar-refractivity contribution is 6.03. The number of piperazine rings is 1. The number of phenolic OH excluding ortho intramolecular Hbond substituents is 1. The summed E-state index contributed by atoms with van der Waals surface area (Å²) < 4.78 is 76.6. The Bertz CT molecular complexity index is 1890. The number of benzene rings is 2. The van der Waals surface area contributed by atoms with Crippen LogP contribution in [0, 0.1) is 24.0 Å². The van der Waals surface area contributed by atoms with Gasteiger partial charge in [0.2, 0.25) is 0 Å². The Morgan fingerprint density at radius 2 is 2.00 bits per heavy atom. The van der Waals surface area contributed by atoms with E-state index < -0.39 is 29.8 Å². The molecule has 8 rings (SSSR count). The summed E-state index contributed by atoms with van der Waals surface area (Å²) in [6, 6.07) is 5.51. The number of ether oxygens (including phenoxy) is 1. The Hall–Kier alpha value is -4.28. The maximum atomic E-state index is 16.2. The largest absolute Gasteiger partial charge is 0.508 e. The zero-order valence-corrected chi connectivity index (χ0v) is 25.6. The normalized spacial score (nSPS) is 25.2. The molecule has 8 nitrogen and oxygen atoms in total. The molecule has 0 spiro atoms. The third-order valence-corrected chi connectivity index (χ3v) is 9.80. The molecular formula is C34H33F5N6O2. The lowest BCUT2D eigenvalue weighted by atomic mass is 9.95. The molecule has 13 heteroatoms. The van der Waals surface area contributed by atoms with E-state index in [4.69, 9.17) is 11.2 Å². The van der Waals surface area contributed by atoms with Crippen LogP contribution in [-0.2, 0) is 0 Å². The number of methoxy groups -OCH3 is 1. The minimum Gasteiger partial charge on any atom is -0.508 e. The first-order chi connectivity index (χ1) is 22.6. The molecule has 246 valence electrons. The van der Waals surface area contributed by atoms with Gasteiger partial charge in [0.05, 0.1) is 23.6 Å². The molecule has 0 saturated carbocycles. The van der Waals surface area contributed by atoms with Gasteiger partial charge in [-0.1, -0.05) is 12.0 Å². The van der Waals surface area contributed by atoms with Gasteiger partial charge < -0.3 is 20.1 Å². The van der Waals surface area contributed by atoms with E-state index in [1.54, 1.807) is 4.90 Å². The van der Waals surface area contributed by atoms with Gasteiger partial charge in [-0.2, -0.15) is 9.97 Å². The van der Waals surface area contributed by atoms with E-state index in [0.717, 1.165) is 13.0 Å². The second-order valence-corrected chi connectivity index (χ2v) is 12.7. The van der Waals surface area contributed by atoms with Crippen molar-refractivity contribution in [3.8, 4) is 35.4 Å². The van der Waals surface area contributed by atoms with E-state index >= 15 is 4.39 Å². The quantitative estimate of drug-likeness (QED) is 0.218. The van der Waals surface area contributed by atoms with Gasteiger partial charge in [0.25, 0.3) is 6.43 Å². The number of halogens is 5. The van der Waals surface area contributed by atoms with Crippen LogP contribution in [-0.4, -0.2) is 88.5 Å². The van der Waals surface area contributed by atoms with Crippen molar-refractivity contribution in [2.75, 3.05) is 38.2 Å². The monoisotopic (exact) mass is 652 g/mol. The minimum absolute atomic E-state index is 0.0399. The van der Waals surface area contributed by atoms with Crippen LogP contribution >= 0.6 is 0 Å². The summed E-state index contributed by atoms with van der Waals surface area (Å²) in [6.07, 6.45) is 8.00. The smallest absolute Gasteiger partial charge is 0.318 e. The molecule has 0 amide bonds. The van der Waals surface area contributed by atoms with Crippen molar-refractivity contribution >= 4 is 27.5 Å². The molecule has 1 unspecified atom stereocenters. The molecule has 6 heterocycles. The predicted molar refractivity (Wildman–Crippen MR) is 168 cm³/mol. The van der Waals surface area contributed by atoms with Crippen molar-refractivity contribution in [2.24, 2.45) is 0 Å². The molecule has 2 bridgehead atoms. The standard InChI is InChI=1S/C27H21F4N5O2.C7H12FN/c1-3-16-19(28)5-4-13-8-15(37)9-17(20(13)16)22-21(29)23-18(10-32-22)24(34-26(33-23)38-2)36-11-14-6-7-27(12-36,35-14)25(30)31;8-6-4-7-2-1-3-9(7)5-6/h1,4-5,8-10,14,25,35,37H,6-7,11-12H2,2H3;6-7H,1-5H2/t14-,27+;6-,7?/m11/s1. The second kappa shape index (κ2) is 12.1. The number of terminal acetylenes is 1. The molecule has 0 aliphatic carbocycles. The molecule has 4 saturated heterocycles. The fourth-order valence-electron chi connectivity index (χ4n) is 7.64. The molecule has 0 radical (unpaired) electrons. The first-order valence-electron chi connectivity index (χ1n) is 15.6. The number of phenols is 1. The van der Waals surface area contributed by atoms with Gasteiger partial charge in [-0.3, -0.25) is 9.88 Å². The zero-order chi connectivity index (χ0) is 33.0. The molecule has 2 aromatic heterocycles.